The molecule has 0 aliphatic rings. The zero-order valence-electron chi connectivity index (χ0n) is 16.9. The molecule has 0 aliphatic heterocycles. The summed E-state index contributed by atoms with van der Waals surface area (Å²) >= 11 is 0. The van der Waals surface area contributed by atoms with E-state index >= 15 is 0 Å². The van der Waals surface area contributed by atoms with Gasteiger partial charge in [0.25, 0.3) is 0 Å². The molecule has 0 unspecified atom stereocenters. The first-order valence-corrected chi connectivity index (χ1v) is 9.67. The lowest BCUT2D eigenvalue weighted by molar-refractivity contribution is -0.162. The van der Waals surface area contributed by atoms with Crippen molar-refractivity contribution in [3.8, 4) is 5.75 Å². The molecule has 0 amide bonds. The van der Waals surface area contributed by atoms with Crippen molar-refractivity contribution in [2.45, 2.75) is 46.5 Å². The highest BCUT2D eigenvalue weighted by Crippen LogP contribution is 2.28. The van der Waals surface area contributed by atoms with Crippen molar-refractivity contribution in [2.75, 3.05) is 33.0 Å². The van der Waals surface area contributed by atoms with Gasteiger partial charge >= 0.3 is 11.9 Å². The second kappa shape index (κ2) is 13.1. The summed E-state index contributed by atoms with van der Waals surface area (Å²) < 4.78 is 21.2. The van der Waals surface area contributed by atoms with E-state index in [1.807, 2.05) is 18.2 Å². The van der Waals surface area contributed by atoms with Crippen LogP contribution in [0.2, 0.25) is 0 Å². The highest BCUT2D eigenvalue weighted by molar-refractivity contribution is 5.94. The Balaban J connectivity index is 2.40. The molecular formula is C21H32O6. The maximum atomic E-state index is 11.9. The molecule has 0 radical (unpaired) electrons. The van der Waals surface area contributed by atoms with E-state index in [-0.39, 0.29) is 26.2 Å². The third kappa shape index (κ3) is 7.99. The van der Waals surface area contributed by atoms with Gasteiger partial charge in [0.2, 0.25) is 0 Å². The summed E-state index contributed by atoms with van der Waals surface area (Å²) in [6, 6.07) is 7.99. The number of carbonyl (C=O) groups is 2. The first-order valence-electron chi connectivity index (χ1n) is 9.67. The molecule has 1 aromatic carbocycles. The predicted molar refractivity (Wildman–Crippen MR) is 103 cm³/mol. The number of hydrogen-bond donors (Lipinski definition) is 0. The number of carbonyl (C=O) groups excluding carboxylic acids is 2. The van der Waals surface area contributed by atoms with E-state index in [1.165, 1.54) is 5.56 Å². The van der Waals surface area contributed by atoms with Crippen LogP contribution < -0.4 is 4.74 Å². The SMILES string of the molecule is CCOC(=O)C(CCOCCOc1ccccc1[C@@H](C)CC)C(=O)OCC. The summed E-state index contributed by atoms with van der Waals surface area (Å²) in [5.74, 6) is -0.795. The molecule has 1 atom stereocenters. The molecule has 0 heterocycles. The minimum Gasteiger partial charge on any atom is -0.491 e. The maximum Gasteiger partial charge on any atom is 0.320 e. The first kappa shape index (κ1) is 23.0. The van der Waals surface area contributed by atoms with Crippen molar-refractivity contribution < 1.29 is 28.5 Å². The Morgan fingerprint density at radius 3 is 2.15 bits per heavy atom. The highest BCUT2D eigenvalue weighted by Gasteiger charge is 2.29. The molecule has 0 aliphatic carbocycles. The lowest BCUT2D eigenvalue weighted by Gasteiger charge is -2.16. The second-order valence-corrected chi connectivity index (χ2v) is 6.15. The van der Waals surface area contributed by atoms with Crippen LogP contribution in [0.15, 0.2) is 24.3 Å². The van der Waals surface area contributed by atoms with Crippen molar-refractivity contribution in [2.24, 2.45) is 5.92 Å². The number of rotatable bonds is 13. The third-order valence-corrected chi connectivity index (χ3v) is 4.24. The average Bonchev–Trinajstić information content (AvgIpc) is 2.67. The predicted octanol–water partition coefficient (Wildman–Crippen LogP) is 3.73. The molecule has 0 aromatic heterocycles. The Labute approximate surface area is 162 Å². The maximum absolute atomic E-state index is 11.9. The van der Waals surface area contributed by atoms with Crippen LogP contribution in [0.25, 0.3) is 0 Å². The molecule has 0 spiro atoms. The van der Waals surface area contributed by atoms with E-state index < -0.39 is 17.9 Å². The van der Waals surface area contributed by atoms with Crippen LogP contribution in [0.5, 0.6) is 5.75 Å². The van der Waals surface area contributed by atoms with Crippen LogP contribution in [0.1, 0.15) is 52.0 Å². The number of para-hydroxylation sites is 1. The van der Waals surface area contributed by atoms with Gasteiger partial charge in [0.15, 0.2) is 5.92 Å². The van der Waals surface area contributed by atoms with Crippen molar-refractivity contribution >= 4 is 11.9 Å². The fraction of sp³-hybridized carbons (Fsp3) is 0.619. The Morgan fingerprint density at radius 2 is 1.56 bits per heavy atom. The molecule has 6 heteroatoms. The van der Waals surface area contributed by atoms with Crippen molar-refractivity contribution in [1.29, 1.82) is 0 Å². The lowest BCUT2D eigenvalue weighted by atomic mass is 9.98. The monoisotopic (exact) mass is 380 g/mol. The fourth-order valence-electron chi connectivity index (χ4n) is 2.57. The minimum atomic E-state index is -0.947. The Kier molecular flexibility index (Phi) is 11.2. The van der Waals surface area contributed by atoms with Crippen LogP contribution >= 0.6 is 0 Å². The van der Waals surface area contributed by atoms with Gasteiger partial charge in [0.1, 0.15) is 12.4 Å². The molecular weight excluding hydrogens is 348 g/mol. The van der Waals surface area contributed by atoms with Gasteiger partial charge < -0.3 is 18.9 Å². The standard InChI is InChI=1S/C21H32O6/c1-5-16(4)17-10-8-9-11-19(17)27-15-14-24-13-12-18(20(22)25-6-2)21(23)26-7-3/h8-11,16,18H,5-7,12-15H2,1-4H3/t16-/m0/s1. The summed E-state index contributed by atoms with van der Waals surface area (Å²) in [6.07, 6.45) is 1.26. The number of ether oxygens (including phenoxy) is 4. The largest absolute Gasteiger partial charge is 0.491 e. The average molecular weight is 380 g/mol. The Bertz CT molecular complexity index is 554. The first-order chi connectivity index (χ1) is 13.0. The van der Waals surface area contributed by atoms with Gasteiger partial charge in [-0.25, -0.2) is 0 Å². The van der Waals surface area contributed by atoms with Gasteiger partial charge in [-0.05, 0) is 44.2 Å². The second-order valence-electron chi connectivity index (χ2n) is 6.15. The van der Waals surface area contributed by atoms with E-state index in [4.69, 9.17) is 18.9 Å². The highest BCUT2D eigenvalue weighted by atomic mass is 16.6. The van der Waals surface area contributed by atoms with Crippen LogP contribution in [-0.2, 0) is 23.8 Å². The number of esters is 2. The van der Waals surface area contributed by atoms with Crippen LogP contribution in [0.4, 0.5) is 0 Å². The third-order valence-electron chi connectivity index (χ3n) is 4.24. The topological polar surface area (TPSA) is 71.1 Å². The summed E-state index contributed by atoms with van der Waals surface area (Å²) in [6.45, 7) is 9.18. The Morgan fingerprint density at radius 1 is 0.926 bits per heavy atom. The smallest absolute Gasteiger partial charge is 0.320 e. The zero-order valence-corrected chi connectivity index (χ0v) is 16.9. The summed E-state index contributed by atoms with van der Waals surface area (Å²) in [4.78, 5) is 23.8. The molecule has 0 bridgehead atoms. The molecule has 0 N–H and O–H groups in total. The summed E-state index contributed by atoms with van der Waals surface area (Å²) in [5, 5.41) is 0. The molecule has 6 nitrogen and oxygen atoms in total. The van der Waals surface area contributed by atoms with Crippen molar-refractivity contribution in [3.05, 3.63) is 29.8 Å². The van der Waals surface area contributed by atoms with E-state index in [9.17, 15) is 9.59 Å². The van der Waals surface area contributed by atoms with Gasteiger partial charge in [-0.15, -0.1) is 0 Å². The number of benzene rings is 1. The molecule has 0 saturated heterocycles. The van der Waals surface area contributed by atoms with E-state index in [1.54, 1.807) is 13.8 Å². The molecule has 1 rings (SSSR count). The molecule has 0 fully saturated rings. The quantitative estimate of drug-likeness (QED) is 0.295. The summed E-state index contributed by atoms with van der Waals surface area (Å²) in [5.41, 5.74) is 1.18. The lowest BCUT2D eigenvalue weighted by Crippen LogP contribution is -2.29. The van der Waals surface area contributed by atoms with Crippen LogP contribution in [-0.4, -0.2) is 45.0 Å². The number of hydrogen-bond acceptors (Lipinski definition) is 6. The van der Waals surface area contributed by atoms with E-state index in [0.29, 0.717) is 19.1 Å². The van der Waals surface area contributed by atoms with Gasteiger partial charge in [-0.2, -0.15) is 0 Å². The minimum absolute atomic E-state index is 0.221. The fourth-order valence-corrected chi connectivity index (χ4v) is 2.57. The van der Waals surface area contributed by atoms with Gasteiger partial charge in [0, 0.05) is 6.61 Å². The van der Waals surface area contributed by atoms with E-state index in [0.717, 1.165) is 12.2 Å². The van der Waals surface area contributed by atoms with E-state index in [2.05, 4.69) is 19.9 Å². The zero-order chi connectivity index (χ0) is 20.1. The normalized spacial score (nSPS) is 11.9. The van der Waals surface area contributed by atoms with Crippen molar-refractivity contribution in [3.63, 3.8) is 0 Å². The molecule has 0 saturated carbocycles. The molecule has 27 heavy (non-hydrogen) atoms. The Hall–Kier alpha value is -2.08. The van der Waals surface area contributed by atoms with Crippen molar-refractivity contribution in [1.82, 2.24) is 0 Å². The summed E-state index contributed by atoms with van der Waals surface area (Å²) in [7, 11) is 0. The van der Waals surface area contributed by atoms with Gasteiger partial charge in [-0.1, -0.05) is 32.0 Å². The van der Waals surface area contributed by atoms with Gasteiger partial charge in [0.05, 0.1) is 19.8 Å². The van der Waals surface area contributed by atoms with Crippen LogP contribution in [0.3, 0.4) is 0 Å². The van der Waals surface area contributed by atoms with Crippen LogP contribution in [0, 0.1) is 5.92 Å². The molecule has 1 aromatic rings. The molecule has 152 valence electrons. The van der Waals surface area contributed by atoms with Gasteiger partial charge in [-0.3, -0.25) is 9.59 Å².